The summed E-state index contributed by atoms with van der Waals surface area (Å²) in [5.74, 6) is -1.07. The van der Waals surface area contributed by atoms with Gasteiger partial charge in [-0.15, -0.1) is 11.3 Å². The van der Waals surface area contributed by atoms with Crippen LogP contribution in [0.25, 0.3) is 21.6 Å². The number of thiazole rings is 1. The van der Waals surface area contributed by atoms with Crippen LogP contribution < -0.4 is 14.8 Å². The second kappa shape index (κ2) is 13.2. The molecular formula is C35H42N4O7S. The molecule has 47 heavy (non-hydrogen) atoms. The first-order valence-corrected chi connectivity index (χ1v) is 17.2. The lowest BCUT2D eigenvalue weighted by Crippen LogP contribution is -2.54. The number of methoxy groups -OCH3 is 1. The number of pyridine rings is 1. The van der Waals surface area contributed by atoms with Gasteiger partial charge in [-0.3, -0.25) is 9.59 Å². The van der Waals surface area contributed by atoms with Gasteiger partial charge in [-0.2, -0.15) is 0 Å². The van der Waals surface area contributed by atoms with Crippen molar-refractivity contribution in [2.45, 2.75) is 95.4 Å². The molecule has 1 unspecified atom stereocenters. The summed E-state index contributed by atoms with van der Waals surface area (Å²) >= 11 is 1.50. The summed E-state index contributed by atoms with van der Waals surface area (Å²) in [7, 11) is 1.61. The highest BCUT2D eigenvalue weighted by Crippen LogP contribution is 2.45. The van der Waals surface area contributed by atoms with E-state index in [0.29, 0.717) is 29.1 Å². The van der Waals surface area contributed by atoms with Crippen LogP contribution in [0.2, 0.25) is 0 Å². The topological polar surface area (TPSA) is 151 Å². The highest BCUT2D eigenvalue weighted by atomic mass is 32.1. The van der Waals surface area contributed by atoms with Crippen molar-refractivity contribution >= 4 is 40.0 Å². The van der Waals surface area contributed by atoms with E-state index in [1.54, 1.807) is 7.11 Å². The molecule has 4 heterocycles. The largest absolute Gasteiger partial charge is 0.496 e. The highest BCUT2D eigenvalue weighted by Gasteiger charge is 2.61. The minimum atomic E-state index is -1.41. The fourth-order valence-corrected chi connectivity index (χ4v) is 7.59. The Balaban J connectivity index is 1.34. The molecule has 3 aromatic rings. The molecule has 1 saturated carbocycles. The highest BCUT2D eigenvalue weighted by molar-refractivity contribution is 7.13. The van der Waals surface area contributed by atoms with Gasteiger partial charge in [0.1, 0.15) is 46.0 Å². The van der Waals surface area contributed by atoms with E-state index in [-0.39, 0.29) is 37.6 Å². The number of carboxylic acids is 1. The number of aliphatic carboxylic acids is 1. The number of hydrogen-bond acceptors (Lipinski definition) is 9. The minimum Gasteiger partial charge on any atom is -0.496 e. The lowest BCUT2D eigenvalue weighted by Gasteiger charge is -2.27. The molecular weight excluding hydrogens is 620 g/mol. The summed E-state index contributed by atoms with van der Waals surface area (Å²) in [5.41, 5.74) is 1.71. The molecule has 0 bridgehead atoms. The zero-order chi connectivity index (χ0) is 33.5. The SMILES string of the molecule is COc1ccc2c(O[C@@H]3C[C@H]4C(=O)N[C@]5(C(=O)O)C[C@H]5/C=C/CCCCCC(O)C(=O)N4C3)cc(-c3nc(C(C)C)cs3)nc2c1C. The number of nitrogens with one attached hydrogen (secondary N) is 1. The minimum absolute atomic E-state index is 0.0560. The summed E-state index contributed by atoms with van der Waals surface area (Å²) in [6.07, 6.45) is 5.80. The number of aryl methyl sites for hydroxylation is 1. The number of hydrogen-bond donors (Lipinski definition) is 3. The van der Waals surface area contributed by atoms with Crippen LogP contribution in [0.3, 0.4) is 0 Å². The lowest BCUT2D eigenvalue weighted by molar-refractivity contribution is -0.148. The summed E-state index contributed by atoms with van der Waals surface area (Å²) in [5, 5.41) is 27.2. The predicted molar refractivity (Wildman–Crippen MR) is 178 cm³/mol. The van der Waals surface area contributed by atoms with E-state index in [2.05, 4.69) is 19.2 Å². The number of aromatic nitrogens is 2. The first-order chi connectivity index (χ1) is 22.5. The number of fused-ring (bicyclic) bond motifs is 3. The smallest absolute Gasteiger partial charge is 0.330 e. The number of allylic oxidation sites excluding steroid dienone is 1. The number of benzene rings is 1. The summed E-state index contributed by atoms with van der Waals surface area (Å²) in [6, 6.07) is 4.56. The van der Waals surface area contributed by atoms with Crippen LogP contribution in [0.5, 0.6) is 11.5 Å². The zero-order valence-corrected chi connectivity index (χ0v) is 28.0. The quantitative estimate of drug-likeness (QED) is 0.310. The van der Waals surface area contributed by atoms with Crippen LogP contribution in [-0.2, 0) is 14.4 Å². The first-order valence-electron chi connectivity index (χ1n) is 16.3. The van der Waals surface area contributed by atoms with Gasteiger partial charge in [0.05, 0.1) is 24.9 Å². The maximum atomic E-state index is 13.8. The van der Waals surface area contributed by atoms with Gasteiger partial charge in [-0.1, -0.05) is 38.8 Å². The Morgan fingerprint density at radius 3 is 2.70 bits per heavy atom. The van der Waals surface area contributed by atoms with Crippen LogP contribution in [0, 0.1) is 12.8 Å². The van der Waals surface area contributed by atoms with Crippen molar-refractivity contribution in [2.75, 3.05) is 13.7 Å². The van der Waals surface area contributed by atoms with E-state index < -0.39 is 41.6 Å². The monoisotopic (exact) mass is 662 g/mol. The molecule has 5 atom stereocenters. The molecule has 250 valence electrons. The molecule has 2 aliphatic heterocycles. The molecule has 0 radical (unpaired) electrons. The molecule has 3 N–H and O–H groups in total. The lowest BCUT2D eigenvalue weighted by atomic mass is 10.1. The second-order valence-corrected chi connectivity index (χ2v) is 14.0. The Morgan fingerprint density at radius 1 is 1.17 bits per heavy atom. The van der Waals surface area contributed by atoms with Crippen LogP contribution in [-0.4, -0.2) is 80.3 Å². The molecule has 2 aromatic heterocycles. The van der Waals surface area contributed by atoms with Crippen molar-refractivity contribution < 1.29 is 34.1 Å². The van der Waals surface area contributed by atoms with Gasteiger partial charge in [-0.05, 0) is 50.7 Å². The molecule has 2 fully saturated rings. The van der Waals surface area contributed by atoms with E-state index in [9.17, 15) is 24.6 Å². The number of carboxylic acid groups (broad SMARTS) is 1. The van der Waals surface area contributed by atoms with Gasteiger partial charge in [0.25, 0.3) is 5.91 Å². The Kier molecular flexibility index (Phi) is 9.26. The fourth-order valence-electron chi connectivity index (χ4n) is 6.65. The van der Waals surface area contributed by atoms with Crippen molar-refractivity contribution in [1.29, 1.82) is 0 Å². The van der Waals surface area contributed by atoms with Gasteiger partial charge in [0, 0.05) is 34.7 Å². The molecule has 6 rings (SSSR count). The van der Waals surface area contributed by atoms with Gasteiger partial charge in [-0.25, -0.2) is 14.8 Å². The van der Waals surface area contributed by atoms with E-state index in [1.165, 1.54) is 16.2 Å². The number of aliphatic hydroxyl groups excluding tert-OH is 1. The van der Waals surface area contributed by atoms with Crippen LogP contribution >= 0.6 is 11.3 Å². The van der Waals surface area contributed by atoms with E-state index >= 15 is 0 Å². The van der Waals surface area contributed by atoms with Crippen LogP contribution in [0.1, 0.15) is 76.0 Å². The maximum absolute atomic E-state index is 13.8. The summed E-state index contributed by atoms with van der Waals surface area (Å²) in [6.45, 7) is 6.15. The second-order valence-electron chi connectivity index (χ2n) is 13.2. The van der Waals surface area contributed by atoms with Crippen molar-refractivity contribution in [1.82, 2.24) is 20.2 Å². The Labute approximate surface area is 278 Å². The van der Waals surface area contributed by atoms with Gasteiger partial charge < -0.3 is 29.9 Å². The average Bonchev–Trinajstić information content (AvgIpc) is 3.35. The third-order valence-electron chi connectivity index (χ3n) is 9.59. The third kappa shape index (κ3) is 6.45. The zero-order valence-electron chi connectivity index (χ0n) is 27.2. The molecule has 11 nitrogen and oxygen atoms in total. The van der Waals surface area contributed by atoms with Crippen molar-refractivity contribution in [3.8, 4) is 22.2 Å². The average molecular weight is 663 g/mol. The number of carbonyl (C=O) groups excluding carboxylic acids is 2. The van der Waals surface area contributed by atoms with E-state index in [4.69, 9.17) is 19.4 Å². The number of carbonyl (C=O) groups is 3. The van der Waals surface area contributed by atoms with Gasteiger partial charge >= 0.3 is 5.97 Å². The Hall–Kier alpha value is -4.03. The predicted octanol–water partition coefficient (Wildman–Crippen LogP) is 4.99. The third-order valence-corrected chi connectivity index (χ3v) is 10.5. The van der Waals surface area contributed by atoms with Crippen molar-refractivity contribution in [3.63, 3.8) is 0 Å². The van der Waals surface area contributed by atoms with E-state index in [1.807, 2.05) is 42.7 Å². The molecule has 12 heteroatoms. The number of aliphatic hydroxyl groups is 1. The molecule has 1 saturated heterocycles. The number of amides is 2. The first kappa shape index (κ1) is 32.9. The Morgan fingerprint density at radius 2 is 1.98 bits per heavy atom. The fraction of sp³-hybridized carbons (Fsp3) is 0.514. The van der Waals surface area contributed by atoms with Crippen LogP contribution in [0.4, 0.5) is 0 Å². The number of rotatable bonds is 6. The van der Waals surface area contributed by atoms with Crippen LogP contribution in [0.15, 0.2) is 35.7 Å². The summed E-state index contributed by atoms with van der Waals surface area (Å²) in [4.78, 5) is 50.9. The summed E-state index contributed by atoms with van der Waals surface area (Å²) < 4.78 is 12.2. The molecule has 2 amide bonds. The molecule has 0 spiro atoms. The number of nitrogens with zero attached hydrogens (tertiary/aromatic N) is 3. The van der Waals surface area contributed by atoms with Gasteiger partial charge in [0.15, 0.2) is 0 Å². The Bertz CT molecular complexity index is 1720. The van der Waals surface area contributed by atoms with E-state index in [0.717, 1.165) is 40.9 Å². The van der Waals surface area contributed by atoms with Crippen molar-refractivity contribution in [3.05, 3.63) is 47.0 Å². The standard InChI is InChI=1S/C35H42N4O7S/c1-19(2)25-18-47-32(37-25)24-15-29(23-12-13-28(45-4)20(3)30(23)36-24)46-22-14-26-31(41)38-35(34(43)44)16-21(35)10-8-6-5-7-9-11-27(40)33(42)39(26)17-22/h8,10,12-13,15,18-19,21-22,26-27,40H,5-7,9,11,14,16-17H2,1-4H3,(H,38,41)(H,43,44)/b10-8+/t21-,22-,26+,27?,35-/m1/s1. The number of ether oxygens (including phenoxy) is 2. The van der Waals surface area contributed by atoms with Gasteiger partial charge in [0.2, 0.25) is 5.91 Å². The molecule has 1 aromatic carbocycles. The maximum Gasteiger partial charge on any atom is 0.330 e. The molecule has 3 aliphatic rings. The normalized spacial score (nSPS) is 27.4. The molecule has 1 aliphatic carbocycles. The van der Waals surface area contributed by atoms with Crippen molar-refractivity contribution in [2.24, 2.45) is 5.92 Å².